The lowest BCUT2D eigenvalue weighted by molar-refractivity contribution is 0.417. The Morgan fingerprint density at radius 2 is 2.42 bits per heavy atom. The van der Waals surface area contributed by atoms with Gasteiger partial charge in [-0.25, -0.2) is 0 Å². The van der Waals surface area contributed by atoms with Gasteiger partial charge in [0.05, 0.1) is 12.7 Å². The molecule has 1 aromatic rings. The molecule has 0 aliphatic carbocycles. The molecule has 1 fully saturated rings. The molecule has 3 N–H and O–H groups in total. The van der Waals surface area contributed by atoms with Crippen molar-refractivity contribution in [3.63, 3.8) is 0 Å². The SMILES string of the molecule is Nc1cccc(NCC2CO2)c1. The average Bonchev–Trinajstić information content (AvgIpc) is 2.84. The molecule has 0 radical (unpaired) electrons. The average molecular weight is 164 g/mol. The minimum absolute atomic E-state index is 0.409. The van der Waals surface area contributed by atoms with Gasteiger partial charge in [0.1, 0.15) is 0 Å². The zero-order chi connectivity index (χ0) is 8.39. The lowest BCUT2D eigenvalue weighted by atomic mass is 10.3. The molecule has 0 amide bonds. The number of ether oxygens (including phenoxy) is 1. The zero-order valence-electron chi connectivity index (χ0n) is 6.79. The van der Waals surface area contributed by atoms with Gasteiger partial charge in [-0.3, -0.25) is 0 Å². The summed E-state index contributed by atoms with van der Waals surface area (Å²) >= 11 is 0. The molecule has 0 saturated carbocycles. The monoisotopic (exact) mass is 164 g/mol. The minimum Gasteiger partial charge on any atom is -0.399 e. The molecule has 1 aromatic carbocycles. The van der Waals surface area contributed by atoms with Crippen LogP contribution in [0.25, 0.3) is 0 Å². The molecule has 1 unspecified atom stereocenters. The van der Waals surface area contributed by atoms with Crippen molar-refractivity contribution < 1.29 is 4.74 Å². The van der Waals surface area contributed by atoms with E-state index in [9.17, 15) is 0 Å². The molecule has 0 spiro atoms. The number of nitrogens with one attached hydrogen (secondary N) is 1. The van der Waals surface area contributed by atoms with E-state index in [1.165, 1.54) is 0 Å². The summed E-state index contributed by atoms with van der Waals surface area (Å²) < 4.78 is 5.07. The van der Waals surface area contributed by atoms with Crippen molar-refractivity contribution in [2.45, 2.75) is 6.10 Å². The van der Waals surface area contributed by atoms with E-state index in [0.717, 1.165) is 24.5 Å². The van der Waals surface area contributed by atoms with E-state index < -0.39 is 0 Å². The summed E-state index contributed by atoms with van der Waals surface area (Å²) in [6.07, 6.45) is 0.409. The van der Waals surface area contributed by atoms with Gasteiger partial charge >= 0.3 is 0 Å². The molecule has 0 aromatic heterocycles. The van der Waals surface area contributed by atoms with Gasteiger partial charge in [0.15, 0.2) is 0 Å². The summed E-state index contributed by atoms with van der Waals surface area (Å²) in [5.41, 5.74) is 7.46. The number of hydrogen-bond donors (Lipinski definition) is 2. The molecule has 64 valence electrons. The fourth-order valence-corrected chi connectivity index (χ4v) is 1.07. The highest BCUT2D eigenvalue weighted by Crippen LogP contribution is 2.14. The summed E-state index contributed by atoms with van der Waals surface area (Å²) in [5.74, 6) is 0. The van der Waals surface area contributed by atoms with Crippen molar-refractivity contribution in [3.05, 3.63) is 24.3 Å². The lowest BCUT2D eigenvalue weighted by Crippen LogP contribution is -2.07. The highest BCUT2D eigenvalue weighted by molar-refractivity contribution is 5.54. The maximum atomic E-state index is 5.61. The molecule has 1 atom stereocenters. The zero-order valence-corrected chi connectivity index (χ0v) is 6.79. The second kappa shape index (κ2) is 3.03. The molecule has 2 rings (SSSR count). The molecule has 1 aliphatic rings. The third-order valence-electron chi connectivity index (χ3n) is 1.82. The highest BCUT2D eigenvalue weighted by atomic mass is 16.6. The first-order valence-electron chi connectivity index (χ1n) is 4.05. The van der Waals surface area contributed by atoms with Crippen LogP contribution in [0.4, 0.5) is 11.4 Å². The lowest BCUT2D eigenvalue weighted by Gasteiger charge is -2.03. The second-order valence-electron chi connectivity index (χ2n) is 2.96. The van der Waals surface area contributed by atoms with Crippen LogP contribution in [0.2, 0.25) is 0 Å². The Morgan fingerprint density at radius 1 is 1.58 bits per heavy atom. The maximum absolute atomic E-state index is 5.61. The first-order chi connectivity index (χ1) is 5.84. The molecular weight excluding hydrogens is 152 g/mol. The third kappa shape index (κ3) is 1.89. The third-order valence-corrected chi connectivity index (χ3v) is 1.82. The molecule has 1 saturated heterocycles. The van der Waals surface area contributed by atoms with Gasteiger partial charge in [0, 0.05) is 17.9 Å². The second-order valence-corrected chi connectivity index (χ2v) is 2.96. The van der Waals surface area contributed by atoms with Crippen molar-refractivity contribution in [3.8, 4) is 0 Å². The van der Waals surface area contributed by atoms with Gasteiger partial charge in [0.25, 0.3) is 0 Å². The number of rotatable bonds is 3. The van der Waals surface area contributed by atoms with E-state index in [1.807, 2.05) is 24.3 Å². The summed E-state index contributed by atoms with van der Waals surface area (Å²) in [5, 5.41) is 3.24. The smallest absolute Gasteiger partial charge is 0.0981 e. The Balaban J connectivity index is 1.92. The maximum Gasteiger partial charge on any atom is 0.0981 e. The number of anilines is 2. The molecule has 3 heteroatoms. The van der Waals surface area contributed by atoms with Crippen LogP contribution in [0.5, 0.6) is 0 Å². The van der Waals surface area contributed by atoms with Crippen LogP contribution in [0.15, 0.2) is 24.3 Å². The Morgan fingerprint density at radius 3 is 3.08 bits per heavy atom. The van der Waals surface area contributed by atoms with Crippen molar-refractivity contribution in [2.24, 2.45) is 0 Å². The van der Waals surface area contributed by atoms with E-state index in [-0.39, 0.29) is 0 Å². The van der Waals surface area contributed by atoms with Gasteiger partial charge in [-0.1, -0.05) is 6.07 Å². The number of nitrogen functional groups attached to an aromatic ring is 1. The predicted molar refractivity (Wildman–Crippen MR) is 49.1 cm³/mol. The van der Waals surface area contributed by atoms with E-state index in [0.29, 0.717) is 6.10 Å². The van der Waals surface area contributed by atoms with Crippen LogP contribution in [0, 0.1) is 0 Å². The first-order valence-corrected chi connectivity index (χ1v) is 4.05. The standard InChI is InChI=1S/C9H12N2O/c10-7-2-1-3-8(4-7)11-5-9-6-12-9/h1-4,9,11H,5-6,10H2. The van der Waals surface area contributed by atoms with Crippen molar-refractivity contribution in [2.75, 3.05) is 24.2 Å². The van der Waals surface area contributed by atoms with Gasteiger partial charge < -0.3 is 15.8 Å². The fourth-order valence-electron chi connectivity index (χ4n) is 1.07. The molecule has 3 nitrogen and oxygen atoms in total. The van der Waals surface area contributed by atoms with E-state index in [4.69, 9.17) is 10.5 Å². The van der Waals surface area contributed by atoms with E-state index in [1.54, 1.807) is 0 Å². The van der Waals surface area contributed by atoms with Crippen LogP contribution in [0.3, 0.4) is 0 Å². The van der Waals surface area contributed by atoms with Crippen LogP contribution in [-0.4, -0.2) is 19.3 Å². The van der Waals surface area contributed by atoms with Gasteiger partial charge in [0.2, 0.25) is 0 Å². The van der Waals surface area contributed by atoms with Crippen molar-refractivity contribution >= 4 is 11.4 Å². The minimum atomic E-state index is 0.409. The molecule has 1 heterocycles. The van der Waals surface area contributed by atoms with Gasteiger partial charge in [-0.2, -0.15) is 0 Å². The number of hydrogen-bond acceptors (Lipinski definition) is 3. The normalized spacial score (nSPS) is 20.5. The first kappa shape index (κ1) is 7.43. The van der Waals surface area contributed by atoms with Crippen LogP contribution < -0.4 is 11.1 Å². The highest BCUT2D eigenvalue weighted by Gasteiger charge is 2.21. The largest absolute Gasteiger partial charge is 0.399 e. The molecule has 1 aliphatic heterocycles. The van der Waals surface area contributed by atoms with Crippen LogP contribution >= 0.6 is 0 Å². The summed E-state index contributed by atoms with van der Waals surface area (Å²) in [6, 6.07) is 7.73. The van der Waals surface area contributed by atoms with Gasteiger partial charge in [-0.15, -0.1) is 0 Å². The van der Waals surface area contributed by atoms with Crippen molar-refractivity contribution in [1.29, 1.82) is 0 Å². The molecule has 0 bridgehead atoms. The summed E-state index contributed by atoms with van der Waals surface area (Å²) in [4.78, 5) is 0. The fraction of sp³-hybridized carbons (Fsp3) is 0.333. The predicted octanol–water partition coefficient (Wildman–Crippen LogP) is 1.08. The Hall–Kier alpha value is -1.22. The number of nitrogens with two attached hydrogens (primary N) is 1. The number of benzene rings is 1. The van der Waals surface area contributed by atoms with Crippen LogP contribution in [-0.2, 0) is 4.74 Å². The topological polar surface area (TPSA) is 50.6 Å². The summed E-state index contributed by atoms with van der Waals surface area (Å²) in [7, 11) is 0. The Kier molecular flexibility index (Phi) is 1.87. The van der Waals surface area contributed by atoms with E-state index >= 15 is 0 Å². The van der Waals surface area contributed by atoms with Crippen LogP contribution in [0.1, 0.15) is 0 Å². The van der Waals surface area contributed by atoms with Crippen molar-refractivity contribution in [1.82, 2.24) is 0 Å². The van der Waals surface area contributed by atoms with E-state index in [2.05, 4.69) is 5.32 Å². The Labute approximate surface area is 71.5 Å². The summed E-state index contributed by atoms with van der Waals surface area (Å²) in [6.45, 7) is 1.76. The molecule has 12 heavy (non-hydrogen) atoms. The quantitative estimate of drug-likeness (QED) is 0.519. The molecular formula is C9H12N2O. The number of epoxide rings is 1. The Bertz CT molecular complexity index is 271. The van der Waals surface area contributed by atoms with Gasteiger partial charge in [-0.05, 0) is 18.2 Å².